The summed E-state index contributed by atoms with van der Waals surface area (Å²) in [4.78, 5) is 0. The first-order chi connectivity index (χ1) is 6.16. The van der Waals surface area contributed by atoms with Crippen LogP contribution >= 0.6 is 0 Å². The van der Waals surface area contributed by atoms with Crippen LogP contribution in [-0.4, -0.2) is 5.11 Å². The molecule has 68 valence electrons. The Kier molecular flexibility index (Phi) is 2.93. The minimum Gasteiger partial charge on any atom is -0.387 e. The van der Waals surface area contributed by atoms with Gasteiger partial charge in [-0.15, -0.1) is 0 Å². The number of aliphatic hydroxyl groups is 1. The lowest BCUT2D eigenvalue weighted by Crippen LogP contribution is -2.01. The number of halogens is 2. The van der Waals surface area contributed by atoms with Gasteiger partial charge in [-0.05, 0) is 6.07 Å². The van der Waals surface area contributed by atoms with Crippen molar-refractivity contribution in [3.63, 3.8) is 0 Å². The number of aliphatic hydroxyl groups excluding tert-OH is 1. The second-order valence-electron chi connectivity index (χ2n) is 2.52. The van der Waals surface area contributed by atoms with Gasteiger partial charge in [0.05, 0.1) is 18.6 Å². The molecule has 1 aromatic carbocycles. The number of hydrogen-bond acceptors (Lipinski definition) is 2. The van der Waals surface area contributed by atoms with Gasteiger partial charge >= 0.3 is 0 Å². The van der Waals surface area contributed by atoms with Crippen molar-refractivity contribution < 1.29 is 13.9 Å². The van der Waals surface area contributed by atoms with Gasteiger partial charge < -0.3 is 5.11 Å². The van der Waals surface area contributed by atoms with E-state index in [9.17, 15) is 13.9 Å². The van der Waals surface area contributed by atoms with Crippen molar-refractivity contribution in [3.8, 4) is 6.07 Å². The van der Waals surface area contributed by atoms with Crippen molar-refractivity contribution in [2.45, 2.75) is 12.5 Å². The summed E-state index contributed by atoms with van der Waals surface area (Å²) in [6.07, 6.45) is -1.51. The van der Waals surface area contributed by atoms with Crippen molar-refractivity contribution in [1.29, 1.82) is 5.26 Å². The zero-order chi connectivity index (χ0) is 9.84. The maximum atomic E-state index is 12.9. The predicted octanol–water partition coefficient (Wildman–Crippen LogP) is 1.91. The molecule has 0 unspecified atom stereocenters. The summed E-state index contributed by atoms with van der Waals surface area (Å²) in [7, 11) is 0. The predicted molar refractivity (Wildman–Crippen MR) is 41.5 cm³/mol. The zero-order valence-electron chi connectivity index (χ0n) is 6.67. The van der Waals surface area contributed by atoms with Crippen LogP contribution in [0.25, 0.3) is 0 Å². The van der Waals surface area contributed by atoms with Gasteiger partial charge in [0.15, 0.2) is 11.6 Å². The molecule has 0 saturated heterocycles. The van der Waals surface area contributed by atoms with E-state index in [1.807, 2.05) is 0 Å². The van der Waals surface area contributed by atoms with E-state index in [1.54, 1.807) is 6.07 Å². The SMILES string of the molecule is N#CC[C@H](O)c1cccc(F)c1F. The fourth-order valence-electron chi connectivity index (χ4n) is 0.974. The first kappa shape index (κ1) is 9.62. The topological polar surface area (TPSA) is 44.0 Å². The van der Waals surface area contributed by atoms with Crippen LogP contribution in [0.1, 0.15) is 18.1 Å². The van der Waals surface area contributed by atoms with Gasteiger partial charge in [-0.1, -0.05) is 12.1 Å². The Labute approximate surface area is 74.0 Å². The average Bonchev–Trinajstić information content (AvgIpc) is 2.10. The van der Waals surface area contributed by atoms with E-state index in [2.05, 4.69) is 0 Å². The molecule has 0 radical (unpaired) electrons. The summed E-state index contributed by atoms with van der Waals surface area (Å²) >= 11 is 0. The fourth-order valence-corrected chi connectivity index (χ4v) is 0.974. The van der Waals surface area contributed by atoms with Gasteiger partial charge in [0.25, 0.3) is 0 Å². The molecule has 0 spiro atoms. The molecule has 1 aromatic rings. The van der Waals surface area contributed by atoms with E-state index in [-0.39, 0.29) is 12.0 Å². The lowest BCUT2D eigenvalue weighted by atomic mass is 10.1. The third-order valence-electron chi connectivity index (χ3n) is 1.63. The van der Waals surface area contributed by atoms with Crippen LogP contribution in [0.2, 0.25) is 0 Å². The largest absolute Gasteiger partial charge is 0.387 e. The second-order valence-corrected chi connectivity index (χ2v) is 2.52. The standard InChI is InChI=1S/C9H7F2NO/c10-7-3-1-2-6(9(7)11)8(13)4-5-12/h1-3,8,13H,4H2/t8-/m0/s1. The molecule has 0 aliphatic carbocycles. The Hall–Kier alpha value is -1.47. The van der Waals surface area contributed by atoms with Crippen LogP contribution in [-0.2, 0) is 0 Å². The first-order valence-corrected chi connectivity index (χ1v) is 3.65. The summed E-state index contributed by atoms with van der Waals surface area (Å²) in [5.74, 6) is -2.11. The number of nitrogens with zero attached hydrogens (tertiary/aromatic N) is 1. The van der Waals surface area contributed by atoms with Crippen molar-refractivity contribution in [2.24, 2.45) is 0 Å². The number of benzene rings is 1. The monoisotopic (exact) mass is 183 g/mol. The first-order valence-electron chi connectivity index (χ1n) is 3.65. The van der Waals surface area contributed by atoms with Crippen molar-refractivity contribution in [2.75, 3.05) is 0 Å². The molecular weight excluding hydrogens is 176 g/mol. The lowest BCUT2D eigenvalue weighted by Gasteiger charge is -2.07. The van der Waals surface area contributed by atoms with Crippen LogP contribution in [0.5, 0.6) is 0 Å². The summed E-state index contributed by atoms with van der Waals surface area (Å²) < 4.78 is 25.5. The van der Waals surface area contributed by atoms with Gasteiger partial charge in [0.1, 0.15) is 0 Å². The minimum atomic E-state index is -1.26. The molecule has 1 N–H and O–H groups in total. The highest BCUT2D eigenvalue weighted by atomic mass is 19.2. The molecule has 0 heterocycles. The van der Waals surface area contributed by atoms with E-state index >= 15 is 0 Å². The average molecular weight is 183 g/mol. The Morgan fingerprint density at radius 2 is 2.15 bits per heavy atom. The summed E-state index contributed by atoms with van der Waals surface area (Å²) in [5.41, 5.74) is -0.179. The van der Waals surface area contributed by atoms with Crippen LogP contribution < -0.4 is 0 Å². The van der Waals surface area contributed by atoms with Gasteiger partial charge in [0, 0.05) is 5.56 Å². The molecule has 4 heteroatoms. The smallest absolute Gasteiger partial charge is 0.164 e. The second kappa shape index (κ2) is 3.97. The number of rotatable bonds is 2. The molecule has 0 fully saturated rings. The molecule has 0 aliphatic rings. The highest BCUT2D eigenvalue weighted by molar-refractivity contribution is 5.21. The van der Waals surface area contributed by atoms with Crippen molar-refractivity contribution in [3.05, 3.63) is 35.4 Å². The molecule has 1 atom stereocenters. The highest BCUT2D eigenvalue weighted by Crippen LogP contribution is 2.20. The zero-order valence-corrected chi connectivity index (χ0v) is 6.67. The maximum Gasteiger partial charge on any atom is 0.164 e. The molecular formula is C9H7F2NO. The quantitative estimate of drug-likeness (QED) is 0.761. The van der Waals surface area contributed by atoms with E-state index in [1.165, 1.54) is 12.1 Å². The molecule has 0 aromatic heterocycles. The van der Waals surface area contributed by atoms with E-state index in [0.717, 1.165) is 6.07 Å². The molecule has 2 nitrogen and oxygen atoms in total. The molecule has 13 heavy (non-hydrogen) atoms. The van der Waals surface area contributed by atoms with Crippen LogP contribution in [0.15, 0.2) is 18.2 Å². The van der Waals surface area contributed by atoms with Crippen LogP contribution in [0, 0.1) is 23.0 Å². The fraction of sp³-hybridized carbons (Fsp3) is 0.222. The van der Waals surface area contributed by atoms with E-state index in [4.69, 9.17) is 5.26 Å². The summed E-state index contributed by atoms with van der Waals surface area (Å²) in [6, 6.07) is 5.17. The minimum absolute atomic E-state index is 0.179. The summed E-state index contributed by atoms with van der Waals surface area (Å²) in [5, 5.41) is 17.4. The van der Waals surface area contributed by atoms with Gasteiger partial charge in [0.2, 0.25) is 0 Å². The van der Waals surface area contributed by atoms with E-state index in [0.29, 0.717) is 0 Å². The third-order valence-corrected chi connectivity index (χ3v) is 1.63. The maximum absolute atomic E-state index is 12.9. The van der Waals surface area contributed by atoms with Gasteiger partial charge in [-0.25, -0.2) is 8.78 Å². The number of nitriles is 1. The number of hydrogen-bond donors (Lipinski definition) is 1. The van der Waals surface area contributed by atoms with Crippen molar-refractivity contribution >= 4 is 0 Å². The molecule has 0 aliphatic heterocycles. The Balaban J connectivity index is 3.02. The van der Waals surface area contributed by atoms with Gasteiger partial charge in [-0.2, -0.15) is 5.26 Å². The molecule has 1 rings (SSSR count). The summed E-state index contributed by atoms with van der Waals surface area (Å²) in [6.45, 7) is 0. The third kappa shape index (κ3) is 2.01. The lowest BCUT2D eigenvalue weighted by molar-refractivity contribution is 0.177. The van der Waals surface area contributed by atoms with Crippen LogP contribution in [0.3, 0.4) is 0 Å². The Morgan fingerprint density at radius 1 is 1.46 bits per heavy atom. The highest BCUT2D eigenvalue weighted by Gasteiger charge is 2.14. The molecule has 0 bridgehead atoms. The van der Waals surface area contributed by atoms with Crippen molar-refractivity contribution in [1.82, 2.24) is 0 Å². The Morgan fingerprint density at radius 3 is 2.77 bits per heavy atom. The normalized spacial score (nSPS) is 12.2. The molecule has 0 amide bonds. The van der Waals surface area contributed by atoms with E-state index < -0.39 is 17.7 Å². The van der Waals surface area contributed by atoms with Gasteiger partial charge in [-0.3, -0.25) is 0 Å². The van der Waals surface area contributed by atoms with Crippen LogP contribution in [0.4, 0.5) is 8.78 Å². The molecule has 0 saturated carbocycles. The Bertz CT molecular complexity index is 346.